The Morgan fingerprint density at radius 1 is 1.00 bits per heavy atom. The van der Waals surface area contributed by atoms with Gasteiger partial charge in [-0.05, 0) is 12.0 Å². The van der Waals surface area contributed by atoms with Crippen molar-refractivity contribution in [1.29, 1.82) is 0 Å². The van der Waals surface area contributed by atoms with Crippen molar-refractivity contribution in [2.45, 2.75) is 39.5 Å². The van der Waals surface area contributed by atoms with Crippen molar-refractivity contribution in [1.82, 2.24) is 0 Å². The van der Waals surface area contributed by atoms with E-state index in [0.29, 0.717) is 5.92 Å². The maximum absolute atomic E-state index is 5.41. The van der Waals surface area contributed by atoms with Gasteiger partial charge in [-0.2, -0.15) is 0 Å². The van der Waals surface area contributed by atoms with Gasteiger partial charge in [0.05, 0.1) is 13.2 Å². The van der Waals surface area contributed by atoms with Gasteiger partial charge in [-0.15, -0.1) is 0 Å². The third-order valence-electron chi connectivity index (χ3n) is 2.97. The minimum absolute atomic E-state index is 0.202. The van der Waals surface area contributed by atoms with E-state index in [1.807, 2.05) is 0 Å². The number of hydrogen-bond donors (Lipinski definition) is 0. The fourth-order valence-corrected chi connectivity index (χ4v) is 5.04. The van der Waals surface area contributed by atoms with Crippen molar-refractivity contribution in [3.05, 3.63) is 0 Å². The van der Waals surface area contributed by atoms with Gasteiger partial charge >= 0.3 is 0 Å². The van der Waals surface area contributed by atoms with Crippen LogP contribution in [-0.2, 0) is 9.47 Å². The molecular weight excluding hydrogens is 204 g/mol. The number of ether oxygens (including phenoxy) is 2. The Kier molecular flexibility index (Phi) is 6.07. The Morgan fingerprint density at radius 3 is 1.60 bits per heavy atom. The van der Waals surface area contributed by atoms with E-state index in [1.54, 1.807) is 14.2 Å². The third-order valence-corrected chi connectivity index (χ3v) is 4.74. The summed E-state index contributed by atoms with van der Waals surface area (Å²) in [5, 5.41) is 0. The molecule has 2 nitrogen and oxygen atoms in total. The number of methoxy groups -OCH3 is 2. The smallest absolute Gasteiger partial charge is 0.0540 e. The molecule has 0 N–H and O–H groups in total. The molecule has 0 aromatic rings. The summed E-state index contributed by atoms with van der Waals surface area (Å²) in [7, 11) is 2.49. The summed E-state index contributed by atoms with van der Waals surface area (Å²) in [6.07, 6.45) is 0. The number of hydrogen-bond acceptors (Lipinski definition) is 2. The Labute approximate surface area is 96.4 Å². The van der Waals surface area contributed by atoms with Crippen molar-refractivity contribution < 1.29 is 9.47 Å². The van der Waals surface area contributed by atoms with E-state index in [9.17, 15) is 0 Å². The molecular formula is C12H28O2Si. The lowest BCUT2D eigenvalue weighted by molar-refractivity contribution is -0.00809. The lowest BCUT2D eigenvalue weighted by atomic mass is 9.80. The van der Waals surface area contributed by atoms with E-state index in [2.05, 4.69) is 33.5 Å². The molecule has 0 aliphatic heterocycles. The SMILES string of the molecule is COCC(COC)(C[Si](C)(C)C)C(C)C. The summed E-state index contributed by atoms with van der Waals surface area (Å²) in [4.78, 5) is 0. The molecule has 0 unspecified atom stereocenters. The third kappa shape index (κ3) is 5.14. The topological polar surface area (TPSA) is 18.5 Å². The predicted octanol–water partition coefficient (Wildman–Crippen LogP) is 3.26. The molecule has 0 aliphatic carbocycles. The molecule has 0 aromatic carbocycles. The van der Waals surface area contributed by atoms with E-state index in [1.165, 1.54) is 6.04 Å². The molecule has 0 aromatic heterocycles. The first-order valence-corrected chi connectivity index (χ1v) is 9.46. The average Bonchev–Trinajstić information content (AvgIpc) is 2.01. The normalized spacial score (nSPS) is 13.6. The van der Waals surface area contributed by atoms with E-state index in [-0.39, 0.29) is 5.41 Å². The zero-order valence-corrected chi connectivity index (χ0v) is 12.5. The first-order chi connectivity index (χ1) is 6.77. The summed E-state index contributed by atoms with van der Waals surface area (Å²) >= 11 is 0. The monoisotopic (exact) mass is 232 g/mol. The molecule has 0 saturated carbocycles. The second-order valence-electron chi connectivity index (χ2n) is 6.12. The maximum Gasteiger partial charge on any atom is 0.0540 e. The average molecular weight is 232 g/mol. The Hall–Kier alpha value is 0.137. The van der Waals surface area contributed by atoms with Crippen LogP contribution in [0.25, 0.3) is 0 Å². The molecule has 0 bridgehead atoms. The van der Waals surface area contributed by atoms with Crippen LogP contribution in [0.15, 0.2) is 0 Å². The standard InChI is InChI=1S/C12H28O2Si/c1-11(2)12(8-13-3,9-14-4)10-15(5,6)7/h11H,8-10H2,1-7H3. The van der Waals surface area contributed by atoms with Crippen LogP contribution in [0.1, 0.15) is 13.8 Å². The Bertz CT molecular complexity index is 167. The molecule has 0 spiro atoms. The fraction of sp³-hybridized carbons (Fsp3) is 1.00. The minimum atomic E-state index is -1.09. The molecule has 0 fully saturated rings. The lowest BCUT2D eigenvalue weighted by Gasteiger charge is -2.40. The van der Waals surface area contributed by atoms with Crippen molar-refractivity contribution >= 4 is 8.07 Å². The summed E-state index contributed by atoms with van der Waals surface area (Å²) in [6.45, 7) is 13.4. The van der Waals surface area contributed by atoms with Crippen molar-refractivity contribution in [2.75, 3.05) is 27.4 Å². The highest BCUT2D eigenvalue weighted by Gasteiger charge is 2.38. The van der Waals surface area contributed by atoms with Gasteiger partial charge in [-0.3, -0.25) is 0 Å². The first-order valence-electron chi connectivity index (χ1n) is 5.75. The van der Waals surface area contributed by atoms with Gasteiger partial charge in [0.25, 0.3) is 0 Å². The molecule has 0 heterocycles. The van der Waals surface area contributed by atoms with Gasteiger partial charge in [0.1, 0.15) is 0 Å². The Morgan fingerprint density at radius 2 is 1.40 bits per heavy atom. The van der Waals surface area contributed by atoms with E-state index in [0.717, 1.165) is 13.2 Å². The first kappa shape index (κ1) is 15.1. The highest BCUT2D eigenvalue weighted by Crippen LogP contribution is 2.37. The molecule has 0 aliphatic rings. The largest absolute Gasteiger partial charge is 0.384 e. The lowest BCUT2D eigenvalue weighted by Crippen LogP contribution is -2.43. The summed E-state index contributed by atoms with van der Waals surface area (Å²) in [5.74, 6) is 0.601. The van der Waals surface area contributed by atoms with Crippen LogP contribution in [-0.4, -0.2) is 35.5 Å². The van der Waals surface area contributed by atoms with Gasteiger partial charge in [0.2, 0.25) is 0 Å². The van der Waals surface area contributed by atoms with Crippen molar-refractivity contribution in [2.24, 2.45) is 11.3 Å². The fourth-order valence-electron chi connectivity index (χ4n) is 2.31. The summed E-state index contributed by atoms with van der Waals surface area (Å²) in [5.41, 5.74) is 0.202. The van der Waals surface area contributed by atoms with E-state index in [4.69, 9.17) is 9.47 Å². The van der Waals surface area contributed by atoms with Crippen LogP contribution in [0.4, 0.5) is 0 Å². The van der Waals surface area contributed by atoms with Gasteiger partial charge in [0.15, 0.2) is 0 Å². The van der Waals surface area contributed by atoms with Crippen LogP contribution in [0, 0.1) is 11.3 Å². The van der Waals surface area contributed by atoms with Crippen LogP contribution >= 0.6 is 0 Å². The zero-order chi connectivity index (χ0) is 12.1. The molecule has 3 heteroatoms. The molecule has 0 saturated heterocycles. The second-order valence-corrected chi connectivity index (χ2v) is 11.6. The van der Waals surface area contributed by atoms with Crippen molar-refractivity contribution in [3.63, 3.8) is 0 Å². The van der Waals surface area contributed by atoms with Gasteiger partial charge in [-0.25, -0.2) is 0 Å². The summed E-state index contributed by atoms with van der Waals surface area (Å²) in [6, 6.07) is 1.26. The quantitative estimate of drug-likeness (QED) is 0.627. The van der Waals surface area contributed by atoms with Crippen molar-refractivity contribution in [3.8, 4) is 0 Å². The molecule has 0 atom stereocenters. The molecule has 15 heavy (non-hydrogen) atoms. The van der Waals surface area contributed by atoms with Crippen LogP contribution in [0.5, 0.6) is 0 Å². The predicted molar refractivity (Wildman–Crippen MR) is 69.2 cm³/mol. The molecule has 0 rings (SSSR count). The minimum Gasteiger partial charge on any atom is -0.384 e. The second kappa shape index (κ2) is 6.02. The maximum atomic E-state index is 5.41. The molecule has 92 valence electrons. The summed E-state index contributed by atoms with van der Waals surface area (Å²) < 4.78 is 10.8. The van der Waals surface area contributed by atoms with E-state index >= 15 is 0 Å². The Balaban J connectivity index is 4.77. The van der Waals surface area contributed by atoms with Gasteiger partial charge in [-0.1, -0.05) is 33.5 Å². The van der Waals surface area contributed by atoms with Crippen LogP contribution < -0.4 is 0 Å². The highest BCUT2D eigenvalue weighted by atomic mass is 28.3. The zero-order valence-electron chi connectivity index (χ0n) is 11.5. The molecule has 0 radical (unpaired) electrons. The number of rotatable bonds is 7. The van der Waals surface area contributed by atoms with Gasteiger partial charge in [0, 0.05) is 27.7 Å². The highest BCUT2D eigenvalue weighted by molar-refractivity contribution is 6.76. The van der Waals surface area contributed by atoms with Crippen LogP contribution in [0.2, 0.25) is 25.7 Å². The van der Waals surface area contributed by atoms with E-state index < -0.39 is 8.07 Å². The molecule has 0 amide bonds. The van der Waals surface area contributed by atoms with Crippen LogP contribution in [0.3, 0.4) is 0 Å². The van der Waals surface area contributed by atoms with Gasteiger partial charge < -0.3 is 9.47 Å².